The minimum atomic E-state index is -0.0194. The van der Waals surface area contributed by atoms with Gasteiger partial charge in [-0.3, -0.25) is 9.69 Å². The Bertz CT molecular complexity index is 944. The fraction of sp³-hybridized carbons (Fsp3) is 0.350. The Morgan fingerprint density at radius 2 is 2.12 bits per heavy atom. The van der Waals surface area contributed by atoms with Crippen LogP contribution in [0.15, 0.2) is 43.0 Å². The van der Waals surface area contributed by atoms with E-state index in [1.807, 2.05) is 37.0 Å². The number of aromatic nitrogens is 3. The van der Waals surface area contributed by atoms with Crippen molar-refractivity contribution in [2.24, 2.45) is 7.05 Å². The SMILES string of the molecule is CN(CC(=O)Nc1cc2cc(-c3cncn3C)ccc2cn1)C1CCC1. The molecule has 1 aliphatic carbocycles. The fourth-order valence-electron chi connectivity index (χ4n) is 3.37. The zero-order valence-electron chi connectivity index (χ0n) is 15.1. The molecule has 134 valence electrons. The smallest absolute Gasteiger partial charge is 0.239 e. The molecule has 2 heterocycles. The minimum absolute atomic E-state index is 0.0194. The molecule has 0 spiro atoms. The molecular formula is C20H23N5O. The first kappa shape index (κ1) is 16.7. The Morgan fingerprint density at radius 1 is 1.27 bits per heavy atom. The third-order valence-corrected chi connectivity index (χ3v) is 5.19. The Morgan fingerprint density at radius 3 is 2.81 bits per heavy atom. The zero-order chi connectivity index (χ0) is 18.1. The summed E-state index contributed by atoms with van der Waals surface area (Å²) in [5.41, 5.74) is 2.14. The lowest BCUT2D eigenvalue weighted by Crippen LogP contribution is -2.41. The Hall–Kier alpha value is -2.73. The molecular weight excluding hydrogens is 326 g/mol. The van der Waals surface area contributed by atoms with E-state index >= 15 is 0 Å². The molecule has 6 nitrogen and oxygen atoms in total. The lowest BCUT2D eigenvalue weighted by Gasteiger charge is -2.34. The summed E-state index contributed by atoms with van der Waals surface area (Å²) in [6, 6.07) is 8.68. The van der Waals surface area contributed by atoms with E-state index in [9.17, 15) is 4.79 Å². The number of pyridine rings is 1. The molecule has 0 aliphatic heterocycles. The lowest BCUT2D eigenvalue weighted by atomic mass is 9.92. The van der Waals surface area contributed by atoms with Gasteiger partial charge in [0.1, 0.15) is 5.82 Å². The Balaban J connectivity index is 1.52. The third-order valence-electron chi connectivity index (χ3n) is 5.19. The van der Waals surface area contributed by atoms with Gasteiger partial charge < -0.3 is 9.88 Å². The highest BCUT2D eigenvalue weighted by Gasteiger charge is 2.23. The van der Waals surface area contributed by atoms with Crippen molar-refractivity contribution in [3.05, 3.63) is 43.0 Å². The quantitative estimate of drug-likeness (QED) is 0.769. The van der Waals surface area contributed by atoms with Gasteiger partial charge in [0.25, 0.3) is 0 Å². The number of carbonyl (C=O) groups excluding carboxylic acids is 1. The van der Waals surface area contributed by atoms with Crippen LogP contribution in [0, 0.1) is 0 Å². The van der Waals surface area contributed by atoms with Gasteiger partial charge >= 0.3 is 0 Å². The molecule has 1 fully saturated rings. The summed E-state index contributed by atoms with van der Waals surface area (Å²) in [5, 5.41) is 5.01. The van der Waals surface area contributed by atoms with Crippen LogP contribution in [-0.2, 0) is 11.8 Å². The maximum absolute atomic E-state index is 12.3. The molecule has 0 unspecified atom stereocenters. The largest absolute Gasteiger partial charge is 0.334 e. The van der Waals surface area contributed by atoms with Gasteiger partial charge in [-0.15, -0.1) is 0 Å². The average molecular weight is 349 g/mol. The van der Waals surface area contributed by atoms with E-state index in [0.717, 1.165) is 22.0 Å². The number of fused-ring (bicyclic) bond motifs is 1. The van der Waals surface area contributed by atoms with Crippen LogP contribution in [0.25, 0.3) is 22.0 Å². The maximum Gasteiger partial charge on any atom is 0.239 e. The first-order valence-electron chi connectivity index (χ1n) is 8.97. The zero-order valence-corrected chi connectivity index (χ0v) is 15.1. The van der Waals surface area contributed by atoms with Crippen LogP contribution in [0.5, 0.6) is 0 Å². The highest BCUT2D eigenvalue weighted by molar-refractivity contribution is 5.94. The van der Waals surface area contributed by atoms with Crippen LogP contribution in [0.4, 0.5) is 5.82 Å². The number of aryl methyl sites for hydroxylation is 1. The topological polar surface area (TPSA) is 63.1 Å². The molecule has 3 aromatic rings. The van der Waals surface area contributed by atoms with Gasteiger partial charge in [-0.1, -0.05) is 18.6 Å². The second-order valence-corrected chi connectivity index (χ2v) is 7.07. The minimum Gasteiger partial charge on any atom is -0.334 e. The van der Waals surface area contributed by atoms with Crippen molar-refractivity contribution in [3.63, 3.8) is 0 Å². The fourth-order valence-corrected chi connectivity index (χ4v) is 3.37. The van der Waals surface area contributed by atoms with Crippen LogP contribution in [0.3, 0.4) is 0 Å². The molecule has 1 aromatic carbocycles. The van der Waals surface area contributed by atoms with Gasteiger partial charge in [-0.25, -0.2) is 9.97 Å². The number of imidazole rings is 1. The van der Waals surface area contributed by atoms with Crippen molar-refractivity contribution in [1.82, 2.24) is 19.4 Å². The van der Waals surface area contributed by atoms with E-state index in [1.165, 1.54) is 19.3 Å². The molecule has 1 N–H and O–H groups in total. The summed E-state index contributed by atoms with van der Waals surface area (Å²) < 4.78 is 1.99. The van der Waals surface area contributed by atoms with Crippen LogP contribution >= 0.6 is 0 Å². The normalized spacial score (nSPS) is 14.6. The highest BCUT2D eigenvalue weighted by Crippen LogP contribution is 2.25. The highest BCUT2D eigenvalue weighted by atomic mass is 16.2. The van der Waals surface area contributed by atoms with Crippen molar-refractivity contribution in [2.75, 3.05) is 18.9 Å². The van der Waals surface area contributed by atoms with Gasteiger partial charge in [0.15, 0.2) is 0 Å². The molecule has 1 aliphatic rings. The predicted molar refractivity (Wildman–Crippen MR) is 103 cm³/mol. The second-order valence-electron chi connectivity index (χ2n) is 7.07. The second kappa shape index (κ2) is 6.88. The number of hydrogen-bond donors (Lipinski definition) is 1. The lowest BCUT2D eigenvalue weighted by molar-refractivity contribution is -0.117. The van der Waals surface area contributed by atoms with Crippen molar-refractivity contribution >= 4 is 22.5 Å². The summed E-state index contributed by atoms with van der Waals surface area (Å²) in [6.45, 7) is 0.402. The van der Waals surface area contributed by atoms with Gasteiger partial charge in [-0.2, -0.15) is 0 Å². The number of benzene rings is 1. The van der Waals surface area contributed by atoms with E-state index < -0.39 is 0 Å². The number of rotatable bonds is 5. The molecule has 1 saturated carbocycles. The van der Waals surface area contributed by atoms with Gasteiger partial charge in [0.05, 0.1) is 24.8 Å². The number of nitrogens with zero attached hydrogens (tertiary/aromatic N) is 4. The molecule has 2 aromatic heterocycles. The number of amides is 1. The molecule has 1 amide bonds. The summed E-state index contributed by atoms with van der Waals surface area (Å²) in [7, 11) is 3.99. The summed E-state index contributed by atoms with van der Waals surface area (Å²) in [6.07, 6.45) is 9.08. The molecule has 4 rings (SSSR count). The number of likely N-dealkylation sites (N-methyl/N-ethyl adjacent to an activating group) is 1. The van der Waals surface area contributed by atoms with E-state index in [0.29, 0.717) is 18.4 Å². The molecule has 0 saturated heterocycles. The van der Waals surface area contributed by atoms with Crippen LogP contribution in [0.2, 0.25) is 0 Å². The van der Waals surface area contributed by atoms with Gasteiger partial charge in [0.2, 0.25) is 5.91 Å². The summed E-state index contributed by atoms with van der Waals surface area (Å²) in [5.74, 6) is 0.570. The molecule has 0 radical (unpaired) electrons. The Labute approximate surface area is 152 Å². The third kappa shape index (κ3) is 3.32. The van der Waals surface area contributed by atoms with Crippen molar-refractivity contribution in [3.8, 4) is 11.3 Å². The molecule has 6 heteroatoms. The Kier molecular flexibility index (Phi) is 4.42. The average Bonchev–Trinajstić information content (AvgIpc) is 2.98. The number of anilines is 1. The monoisotopic (exact) mass is 349 g/mol. The van der Waals surface area contributed by atoms with Gasteiger partial charge in [0, 0.05) is 30.2 Å². The standard InChI is InChI=1S/C20H23N5O/c1-24(17-4-3-5-17)12-20(26)23-19-9-16-8-14(6-7-15(16)10-22-19)18-11-21-13-25(18)2/h6-11,13,17H,3-5,12H2,1-2H3,(H,22,23,26). The number of carbonyl (C=O) groups is 1. The number of hydrogen-bond acceptors (Lipinski definition) is 4. The van der Waals surface area contributed by atoms with Crippen molar-refractivity contribution in [1.29, 1.82) is 0 Å². The van der Waals surface area contributed by atoms with Crippen LogP contribution in [0.1, 0.15) is 19.3 Å². The van der Waals surface area contributed by atoms with Crippen molar-refractivity contribution in [2.45, 2.75) is 25.3 Å². The van der Waals surface area contributed by atoms with Crippen LogP contribution in [-0.4, -0.2) is 45.0 Å². The molecule has 0 bridgehead atoms. The predicted octanol–water partition coefficient (Wildman–Crippen LogP) is 3.06. The van der Waals surface area contributed by atoms with Crippen molar-refractivity contribution < 1.29 is 4.79 Å². The molecule has 0 atom stereocenters. The van der Waals surface area contributed by atoms with E-state index in [-0.39, 0.29) is 5.91 Å². The van der Waals surface area contributed by atoms with E-state index in [2.05, 4.69) is 32.3 Å². The first-order valence-corrected chi connectivity index (χ1v) is 8.97. The number of nitrogens with one attached hydrogen (secondary N) is 1. The van der Waals surface area contributed by atoms with E-state index in [1.54, 1.807) is 12.5 Å². The molecule has 26 heavy (non-hydrogen) atoms. The first-order chi connectivity index (χ1) is 12.6. The van der Waals surface area contributed by atoms with Crippen LogP contribution < -0.4 is 5.32 Å². The maximum atomic E-state index is 12.3. The summed E-state index contributed by atoms with van der Waals surface area (Å²) in [4.78, 5) is 23.0. The van der Waals surface area contributed by atoms with E-state index in [4.69, 9.17) is 0 Å². The summed E-state index contributed by atoms with van der Waals surface area (Å²) >= 11 is 0. The van der Waals surface area contributed by atoms with Gasteiger partial charge in [-0.05, 0) is 37.4 Å².